The predicted molar refractivity (Wildman–Crippen MR) is 81.7 cm³/mol. The molecule has 0 aromatic heterocycles. The third-order valence-corrected chi connectivity index (χ3v) is 4.49. The normalized spacial score (nSPS) is 17.2. The highest BCUT2D eigenvalue weighted by molar-refractivity contribution is 8.00. The van der Waals surface area contributed by atoms with E-state index in [9.17, 15) is 9.59 Å². The molecule has 21 heavy (non-hydrogen) atoms. The molecule has 1 rings (SSSR count). The van der Waals surface area contributed by atoms with Crippen LogP contribution in [0.2, 0.25) is 0 Å². The summed E-state index contributed by atoms with van der Waals surface area (Å²) in [4.78, 5) is 24.5. The number of hydrogen-bond acceptors (Lipinski definition) is 5. The second-order valence-electron chi connectivity index (χ2n) is 6.28. The van der Waals surface area contributed by atoms with Gasteiger partial charge in [0.05, 0.1) is 11.2 Å². The van der Waals surface area contributed by atoms with Gasteiger partial charge in [-0.15, -0.1) is 0 Å². The van der Waals surface area contributed by atoms with E-state index in [1.807, 2.05) is 20.8 Å². The van der Waals surface area contributed by atoms with E-state index in [0.717, 1.165) is 12.2 Å². The van der Waals surface area contributed by atoms with Gasteiger partial charge in [0.25, 0.3) is 0 Å². The van der Waals surface area contributed by atoms with Crippen LogP contribution in [0.25, 0.3) is 0 Å². The highest BCUT2D eigenvalue weighted by atomic mass is 32.2. The van der Waals surface area contributed by atoms with Crippen LogP contribution in [0, 0.1) is 0 Å². The van der Waals surface area contributed by atoms with Gasteiger partial charge in [-0.05, 0) is 32.9 Å². The number of ether oxygens (including phenoxy) is 2. The van der Waals surface area contributed by atoms with E-state index < -0.39 is 16.3 Å². The number of hydrogen-bond donors (Lipinski definition) is 1. The van der Waals surface area contributed by atoms with Crippen molar-refractivity contribution < 1.29 is 24.2 Å². The summed E-state index contributed by atoms with van der Waals surface area (Å²) in [5.74, 6) is -0.0124. The Labute approximate surface area is 130 Å². The standard InChI is InChI=1S/C14H25NO5S/c1-13(2,3)20-12(18)15-9-14(10-15,8-11(16)17)21-7-5-6-19-4/h5-10H2,1-4H3,(H,16,17). The van der Waals surface area contributed by atoms with E-state index in [1.54, 1.807) is 23.8 Å². The van der Waals surface area contributed by atoms with Gasteiger partial charge in [-0.25, -0.2) is 4.79 Å². The number of aliphatic carboxylic acids is 1. The fourth-order valence-corrected chi connectivity index (χ4v) is 3.54. The summed E-state index contributed by atoms with van der Waals surface area (Å²) in [5, 5.41) is 9.06. The Balaban J connectivity index is 2.49. The van der Waals surface area contributed by atoms with Crippen LogP contribution in [0.5, 0.6) is 0 Å². The Morgan fingerprint density at radius 1 is 1.33 bits per heavy atom. The molecule has 1 amide bonds. The van der Waals surface area contributed by atoms with Gasteiger partial charge in [0.15, 0.2) is 0 Å². The largest absolute Gasteiger partial charge is 0.481 e. The molecule has 0 atom stereocenters. The van der Waals surface area contributed by atoms with E-state index >= 15 is 0 Å². The number of methoxy groups -OCH3 is 1. The van der Waals surface area contributed by atoms with Gasteiger partial charge in [-0.3, -0.25) is 4.79 Å². The van der Waals surface area contributed by atoms with Gasteiger partial charge in [0, 0.05) is 26.8 Å². The van der Waals surface area contributed by atoms with E-state index in [2.05, 4.69) is 0 Å². The molecule has 7 heteroatoms. The lowest BCUT2D eigenvalue weighted by molar-refractivity contribution is -0.138. The lowest BCUT2D eigenvalue weighted by Crippen LogP contribution is -2.63. The van der Waals surface area contributed by atoms with Crippen LogP contribution in [0.4, 0.5) is 4.79 Å². The molecule has 0 spiro atoms. The first-order chi connectivity index (χ1) is 9.67. The number of amides is 1. The summed E-state index contributed by atoms with van der Waals surface area (Å²) >= 11 is 1.61. The summed E-state index contributed by atoms with van der Waals surface area (Å²) in [6.45, 7) is 6.95. The van der Waals surface area contributed by atoms with Gasteiger partial charge >= 0.3 is 12.1 Å². The molecule has 122 valence electrons. The lowest BCUT2D eigenvalue weighted by atomic mass is 9.95. The summed E-state index contributed by atoms with van der Waals surface area (Å²) < 4.78 is 9.89. The quantitative estimate of drug-likeness (QED) is 0.725. The Morgan fingerprint density at radius 3 is 2.43 bits per heavy atom. The Bertz CT molecular complexity index is 374. The van der Waals surface area contributed by atoms with Crippen molar-refractivity contribution in [2.75, 3.05) is 32.6 Å². The molecule has 1 saturated heterocycles. The Morgan fingerprint density at radius 2 is 1.95 bits per heavy atom. The first-order valence-electron chi connectivity index (χ1n) is 7.00. The van der Waals surface area contributed by atoms with E-state index in [0.29, 0.717) is 19.7 Å². The highest BCUT2D eigenvalue weighted by Gasteiger charge is 2.48. The molecule has 1 N–H and O–H groups in total. The highest BCUT2D eigenvalue weighted by Crippen LogP contribution is 2.39. The van der Waals surface area contributed by atoms with Crippen molar-refractivity contribution in [1.82, 2.24) is 4.90 Å². The molecule has 0 aliphatic carbocycles. The van der Waals surface area contributed by atoms with E-state index in [4.69, 9.17) is 14.6 Å². The third kappa shape index (κ3) is 6.13. The molecule has 0 saturated carbocycles. The molecular weight excluding hydrogens is 294 g/mol. The molecule has 0 bridgehead atoms. The fraction of sp³-hybridized carbons (Fsp3) is 0.857. The van der Waals surface area contributed by atoms with E-state index in [1.165, 1.54) is 0 Å². The zero-order chi connectivity index (χ0) is 16.1. The number of thioether (sulfide) groups is 1. The fourth-order valence-electron chi connectivity index (χ4n) is 2.13. The molecule has 1 aliphatic heterocycles. The maximum Gasteiger partial charge on any atom is 0.410 e. The zero-order valence-electron chi connectivity index (χ0n) is 13.2. The van der Waals surface area contributed by atoms with Gasteiger partial charge in [-0.2, -0.15) is 11.8 Å². The van der Waals surface area contributed by atoms with Gasteiger partial charge in [-0.1, -0.05) is 0 Å². The first-order valence-corrected chi connectivity index (χ1v) is 7.99. The van der Waals surface area contributed by atoms with Crippen molar-refractivity contribution in [2.24, 2.45) is 0 Å². The molecule has 1 heterocycles. The number of likely N-dealkylation sites (tertiary alicyclic amines) is 1. The summed E-state index contributed by atoms with van der Waals surface area (Å²) in [5.41, 5.74) is -0.534. The van der Waals surface area contributed by atoms with Crippen molar-refractivity contribution in [2.45, 2.75) is 44.0 Å². The van der Waals surface area contributed by atoms with Crippen LogP contribution in [-0.4, -0.2) is 65.0 Å². The Hall–Kier alpha value is -0.950. The second kappa shape index (κ2) is 7.35. The number of carboxylic acid groups (broad SMARTS) is 1. The monoisotopic (exact) mass is 319 g/mol. The van der Waals surface area contributed by atoms with E-state index in [-0.39, 0.29) is 12.5 Å². The SMILES string of the molecule is COCCCSC1(CC(=O)O)CN(C(=O)OC(C)(C)C)C1. The van der Waals surface area contributed by atoms with Crippen LogP contribution in [0.15, 0.2) is 0 Å². The number of carboxylic acids is 1. The topological polar surface area (TPSA) is 76.1 Å². The van der Waals surface area contributed by atoms with Crippen molar-refractivity contribution in [1.29, 1.82) is 0 Å². The lowest BCUT2D eigenvalue weighted by Gasteiger charge is -2.48. The van der Waals surface area contributed by atoms with Gasteiger partial charge < -0.3 is 19.5 Å². The van der Waals surface area contributed by atoms with Crippen LogP contribution >= 0.6 is 11.8 Å². The zero-order valence-corrected chi connectivity index (χ0v) is 14.0. The van der Waals surface area contributed by atoms with Crippen molar-refractivity contribution in [3.05, 3.63) is 0 Å². The molecule has 1 aliphatic rings. The minimum atomic E-state index is -0.835. The maximum atomic E-state index is 11.9. The molecule has 0 radical (unpaired) electrons. The molecule has 0 aromatic carbocycles. The Kier molecular flexibility index (Phi) is 6.34. The smallest absolute Gasteiger partial charge is 0.410 e. The van der Waals surface area contributed by atoms with Crippen LogP contribution in [0.3, 0.4) is 0 Å². The number of carbonyl (C=O) groups is 2. The molecule has 0 unspecified atom stereocenters. The molecule has 1 fully saturated rings. The van der Waals surface area contributed by atoms with Crippen molar-refractivity contribution in [3.63, 3.8) is 0 Å². The average molecular weight is 319 g/mol. The first kappa shape index (κ1) is 18.1. The van der Waals surface area contributed by atoms with Gasteiger partial charge in [0.2, 0.25) is 0 Å². The molecule has 6 nitrogen and oxygen atoms in total. The number of nitrogens with zero attached hydrogens (tertiary/aromatic N) is 1. The molecular formula is C14H25NO5S. The predicted octanol–water partition coefficient (Wildman–Crippen LogP) is 2.22. The number of rotatable bonds is 7. The summed E-state index contributed by atoms with van der Waals surface area (Å²) in [6, 6.07) is 0. The van der Waals surface area contributed by atoms with Crippen molar-refractivity contribution >= 4 is 23.8 Å². The summed E-state index contributed by atoms with van der Waals surface area (Å²) in [6.07, 6.45) is 0.555. The van der Waals surface area contributed by atoms with Crippen LogP contribution < -0.4 is 0 Å². The van der Waals surface area contributed by atoms with Crippen molar-refractivity contribution in [3.8, 4) is 0 Å². The molecule has 0 aromatic rings. The van der Waals surface area contributed by atoms with Crippen LogP contribution in [-0.2, 0) is 14.3 Å². The minimum Gasteiger partial charge on any atom is -0.481 e. The maximum absolute atomic E-state index is 11.9. The van der Waals surface area contributed by atoms with Gasteiger partial charge in [0.1, 0.15) is 5.60 Å². The third-order valence-electron chi connectivity index (χ3n) is 2.98. The summed E-state index contributed by atoms with van der Waals surface area (Å²) in [7, 11) is 1.64. The minimum absolute atomic E-state index is 0.0595. The second-order valence-corrected chi connectivity index (χ2v) is 7.85. The van der Waals surface area contributed by atoms with Crippen LogP contribution in [0.1, 0.15) is 33.6 Å². The number of carbonyl (C=O) groups excluding carboxylic acids is 1. The average Bonchev–Trinajstić information content (AvgIpc) is 2.27.